The smallest absolute Gasteiger partial charge is 0.0342 e. The zero-order valence-corrected chi connectivity index (χ0v) is 16.6. The van der Waals surface area contributed by atoms with E-state index in [-0.39, 0.29) is 0 Å². The van der Waals surface area contributed by atoms with E-state index >= 15 is 0 Å². The summed E-state index contributed by atoms with van der Waals surface area (Å²) in [5, 5.41) is 7.07. The van der Waals surface area contributed by atoms with Crippen LogP contribution < -0.4 is 10.6 Å². The maximum atomic E-state index is 3.79. The molecule has 0 aliphatic heterocycles. The highest BCUT2D eigenvalue weighted by atomic mass is 14.9. The zero-order valence-electron chi connectivity index (χ0n) is 16.6. The molecule has 2 heteroatoms. The van der Waals surface area contributed by atoms with Crippen molar-refractivity contribution in [2.75, 3.05) is 18.9 Å². The Morgan fingerprint density at radius 3 is 2.16 bits per heavy atom. The van der Waals surface area contributed by atoms with E-state index in [1.807, 2.05) is 0 Å². The molecular weight excluding hydrogens is 304 g/mol. The van der Waals surface area contributed by atoms with Gasteiger partial charge in [0.2, 0.25) is 0 Å². The van der Waals surface area contributed by atoms with Crippen LogP contribution in [0.1, 0.15) is 83.1 Å². The number of hydrogen-bond acceptors (Lipinski definition) is 2. The van der Waals surface area contributed by atoms with Gasteiger partial charge >= 0.3 is 0 Å². The Morgan fingerprint density at radius 2 is 1.56 bits per heavy atom. The Balaban J connectivity index is 1.45. The lowest BCUT2D eigenvalue weighted by Crippen LogP contribution is -2.27. The second-order valence-electron chi connectivity index (χ2n) is 9.31. The van der Waals surface area contributed by atoms with E-state index in [0.717, 1.165) is 11.8 Å². The first-order chi connectivity index (χ1) is 12.1. The summed E-state index contributed by atoms with van der Waals surface area (Å²) in [5.41, 5.74) is 3.43. The third kappa shape index (κ3) is 5.48. The largest absolute Gasteiger partial charge is 0.382 e. The van der Waals surface area contributed by atoms with Crippen molar-refractivity contribution < 1.29 is 0 Å². The molecule has 2 N–H and O–H groups in total. The molecule has 2 saturated carbocycles. The molecule has 25 heavy (non-hydrogen) atoms. The zero-order chi connectivity index (χ0) is 17.7. The third-order valence-corrected chi connectivity index (χ3v) is 6.74. The van der Waals surface area contributed by atoms with Gasteiger partial charge in [-0.25, -0.2) is 0 Å². The molecule has 2 aliphatic carbocycles. The quantitative estimate of drug-likeness (QED) is 0.667. The van der Waals surface area contributed by atoms with Gasteiger partial charge in [0.25, 0.3) is 0 Å². The highest BCUT2D eigenvalue weighted by Gasteiger charge is 2.27. The molecule has 2 nitrogen and oxygen atoms in total. The van der Waals surface area contributed by atoms with Gasteiger partial charge in [-0.2, -0.15) is 0 Å². The van der Waals surface area contributed by atoms with Crippen molar-refractivity contribution in [3.63, 3.8) is 0 Å². The molecule has 0 spiro atoms. The van der Waals surface area contributed by atoms with Crippen molar-refractivity contribution in [3.8, 4) is 0 Å². The van der Waals surface area contributed by atoms with Gasteiger partial charge in [-0.15, -0.1) is 0 Å². The van der Waals surface area contributed by atoms with Crippen molar-refractivity contribution >= 4 is 5.69 Å². The summed E-state index contributed by atoms with van der Waals surface area (Å²) in [5.74, 6) is 1.72. The van der Waals surface area contributed by atoms with E-state index in [9.17, 15) is 0 Å². The summed E-state index contributed by atoms with van der Waals surface area (Å²) in [4.78, 5) is 0. The fourth-order valence-corrected chi connectivity index (χ4v) is 4.76. The minimum absolute atomic E-state index is 0.560. The Bertz CT molecular complexity index is 501. The molecule has 1 aromatic carbocycles. The van der Waals surface area contributed by atoms with E-state index in [1.165, 1.54) is 70.0 Å². The molecular formula is C23H38N2. The molecule has 1 aromatic rings. The van der Waals surface area contributed by atoms with Gasteiger partial charge < -0.3 is 10.6 Å². The number of benzene rings is 1. The molecule has 0 bridgehead atoms. The van der Waals surface area contributed by atoms with Crippen LogP contribution in [-0.2, 0) is 0 Å². The first-order valence-electron chi connectivity index (χ1n) is 10.6. The summed E-state index contributed by atoms with van der Waals surface area (Å²) in [7, 11) is 2.06. The predicted octanol–water partition coefficient (Wildman–Crippen LogP) is 5.95. The summed E-state index contributed by atoms with van der Waals surface area (Å²) in [6.45, 7) is 6.01. The SMILES string of the molecule is CNCCC1CCC(Nc2ccc(C3CCC(C)(C)CC3)cc2)CC1. The van der Waals surface area contributed by atoms with Crippen LogP contribution in [0.15, 0.2) is 24.3 Å². The lowest BCUT2D eigenvalue weighted by Gasteiger charge is -2.34. The van der Waals surface area contributed by atoms with Gasteiger partial charge in [-0.05, 0) is 106 Å². The van der Waals surface area contributed by atoms with E-state index in [1.54, 1.807) is 5.56 Å². The van der Waals surface area contributed by atoms with Crippen LogP contribution in [0.2, 0.25) is 0 Å². The molecule has 0 atom stereocenters. The van der Waals surface area contributed by atoms with Crippen molar-refractivity contribution in [2.45, 2.75) is 83.6 Å². The molecule has 0 saturated heterocycles. The normalized spacial score (nSPS) is 27.2. The van der Waals surface area contributed by atoms with Gasteiger partial charge in [0.1, 0.15) is 0 Å². The monoisotopic (exact) mass is 342 g/mol. The Hall–Kier alpha value is -1.02. The highest BCUT2D eigenvalue weighted by Crippen LogP contribution is 2.42. The van der Waals surface area contributed by atoms with Crippen molar-refractivity contribution in [2.24, 2.45) is 11.3 Å². The second kappa shape index (κ2) is 8.58. The molecule has 140 valence electrons. The summed E-state index contributed by atoms with van der Waals surface area (Å²) in [6, 6.07) is 10.1. The standard InChI is InChI=1S/C23H38N2/c1-23(2)15-12-20(13-16-23)19-6-10-22(11-7-19)25-21-8-4-18(5-9-21)14-17-24-3/h6-7,10-11,18,20-21,24-25H,4-5,8-9,12-17H2,1-3H3. The van der Waals surface area contributed by atoms with Crippen molar-refractivity contribution in [1.82, 2.24) is 5.32 Å². The first kappa shape index (κ1) is 18.8. The Kier molecular flexibility index (Phi) is 6.44. The van der Waals surface area contributed by atoms with Gasteiger partial charge in [0.15, 0.2) is 0 Å². The average molecular weight is 343 g/mol. The predicted molar refractivity (Wildman–Crippen MR) is 109 cm³/mol. The average Bonchev–Trinajstić information content (AvgIpc) is 2.62. The van der Waals surface area contributed by atoms with Crippen LogP contribution in [-0.4, -0.2) is 19.6 Å². The molecule has 3 rings (SSSR count). The lowest BCUT2D eigenvalue weighted by molar-refractivity contribution is 0.224. The minimum Gasteiger partial charge on any atom is -0.382 e. The van der Waals surface area contributed by atoms with Gasteiger partial charge in [0.05, 0.1) is 0 Å². The van der Waals surface area contributed by atoms with Crippen LogP contribution in [0.4, 0.5) is 5.69 Å². The molecule has 0 aromatic heterocycles. The Labute approximate surface area is 155 Å². The van der Waals surface area contributed by atoms with E-state index in [4.69, 9.17) is 0 Å². The fraction of sp³-hybridized carbons (Fsp3) is 0.739. The first-order valence-corrected chi connectivity index (χ1v) is 10.6. The maximum Gasteiger partial charge on any atom is 0.0342 e. The van der Waals surface area contributed by atoms with Crippen LogP contribution in [0.3, 0.4) is 0 Å². The molecule has 2 aliphatic rings. The van der Waals surface area contributed by atoms with E-state index < -0.39 is 0 Å². The Morgan fingerprint density at radius 1 is 0.920 bits per heavy atom. The van der Waals surface area contributed by atoms with Gasteiger partial charge in [-0.1, -0.05) is 26.0 Å². The maximum absolute atomic E-state index is 3.79. The third-order valence-electron chi connectivity index (χ3n) is 6.74. The van der Waals surface area contributed by atoms with E-state index in [0.29, 0.717) is 11.5 Å². The van der Waals surface area contributed by atoms with Crippen LogP contribution in [0, 0.1) is 11.3 Å². The number of nitrogens with one attached hydrogen (secondary N) is 2. The molecule has 2 fully saturated rings. The number of rotatable bonds is 6. The van der Waals surface area contributed by atoms with Crippen LogP contribution in [0.5, 0.6) is 0 Å². The van der Waals surface area contributed by atoms with Crippen molar-refractivity contribution in [3.05, 3.63) is 29.8 Å². The fourth-order valence-electron chi connectivity index (χ4n) is 4.76. The van der Waals surface area contributed by atoms with E-state index in [2.05, 4.69) is 55.8 Å². The van der Waals surface area contributed by atoms with Gasteiger partial charge in [-0.3, -0.25) is 0 Å². The van der Waals surface area contributed by atoms with Crippen molar-refractivity contribution in [1.29, 1.82) is 0 Å². The number of anilines is 1. The molecule has 0 heterocycles. The molecule has 0 radical (unpaired) electrons. The van der Waals surface area contributed by atoms with Gasteiger partial charge in [0, 0.05) is 11.7 Å². The lowest BCUT2D eigenvalue weighted by atomic mass is 9.71. The van der Waals surface area contributed by atoms with Crippen LogP contribution >= 0.6 is 0 Å². The topological polar surface area (TPSA) is 24.1 Å². The summed E-state index contributed by atoms with van der Waals surface area (Å²) >= 11 is 0. The highest BCUT2D eigenvalue weighted by molar-refractivity contribution is 5.46. The second-order valence-corrected chi connectivity index (χ2v) is 9.31. The molecule has 0 amide bonds. The molecule has 0 unspecified atom stereocenters. The minimum atomic E-state index is 0.560. The summed E-state index contributed by atoms with van der Waals surface area (Å²) < 4.78 is 0. The van der Waals surface area contributed by atoms with Crippen LogP contribution in [0.25, 0.3) is 0 Å². The summed E-state index contributed by atoms with van der Waals surface area (Å²) in [6.07, 6.45) is 12.2. The number of hydrogen-bond donors (Lipinski definition) is 2.